The zero-order valence-corrected chi connectivity index (χ0v) is 16.4. The molecule has 0 aliphatic carbocycles. The maximum absolute atomic E-state index is 13.0. The summed E-state index contributed by atoms with van der Waals surface area (Å²) in [4.78, 5) is 14.3. The fourth-order valence-corrected chi connectivity index (χ4v) is 3.26. The molecule has 4 rings (SSSR count). The van der Waals surface area contributed by atoms with Gasteiger partial charge in [0.15, 0.2) is 11.5 Å². The van der Waals surface area contributed by atoms with Gasteiger partial charge in [0, 0.05) is 24.7 Å². The first-order valence-corrected chi connectivity index (χ1v) is 9.34. The summed E-state index contributed by atoms with van der Waals surface area (Å²) in [6.07, 6.45) is -3.45. The van der Waals surface area contributed by atoms with Crippen molar-refractivity contribution >= 4 is 5.91 Å². The number of fused-ring (bicyclic) bond motifs is 1. The first-order valence-electron chi connectivity index (χ1n) is 9.34. The van der Waals surface area contributed by atoms with Gasteiger partial charge in [0.1, 0.15) is 19.0 Å². The number of hydrogen-bond acceptors (Lipinski definition) is 5. The Morgan fingerprint density at radius 1 is 1.16 bits per heavy atom. The molecule has 1 aliphatic rings. The average Bonchev–Trinajstić information content (AvgIpc) is 3.23. The number of aromatic nitrogens is 2. The molecule has 2 aromatic carbocycles. The van der Waals surface area contributed by atoms with Gasteiger partial charge in [-0.2, -0.15) is 5.10 Å². The number of rotatable bonds is 5. The highest BCUT2D eigenvalue weighted by molar-refractivity contribution is 5.99. The molecule has 7 nitrogen and oxygen atoms in total. The number of carbonyl (C=O) groups is 1. The molecule has 3 aromatic rings. The van der Waals surface area contributed by atoms with Gasteiger partial charge in [-0.05, 0) is 24.3 Å². The number of halogens is 3. The summed E-state index contributed by atoms with van der Waals surface area (Å²) in [7, 11) is 1.49. The second kappa shape index (κ2) is 8.21. The molecule has 1 aromatic heterocycles. The van der Waals surface area contributed by atoms with Crippen molar-refractivity contribution in [3.8, 4) is 28.5 Å². The fraction of sp³-hybridized carbons (Fsp3) is 0.238. The van der Waals surface area contributed by atoms with Gasteiger partial charge in [0.05, 0.1) is 17.5 Å². The molecule has 0 saturated carbocycles. The Hall–Kier alpha value is -3.69. The number of hydrogen-bond donors (Lipinski definition) is 1. The second-order valence-electron chi connectivity index (χ2n) is 6.83. The molecule has 0 unspecified atom stereocenters. The van der Waals surface area contributed by atoms with Crippen molar-refractivity contribution < 1.29 is 32.2 Å². The number of carbonyl (C=O) groups excluding carboxylic acids is 1. The van der Waals surface area contributed by atoms with Crippen LogP contribution < -0.4 is 14.2 Å². The monoisotopic (exact) mass is 433 g/mol. The minimum atomic E-state index is -4.82. The summed E-state index contributed by atoms with van der Waals surface area (Å²) in [5.41, 5.74) is 1.63. The number of alkyl halides is 3. The van der Waals surface area contributed by atoms with E-state index in [1.165, 1.54) is 36.3 Å². The fourth-order valence-electron chi connectivity index (χ4n) is 3.26. The first-order chi connectivity index (χ1) is 14.8. The molecule has 0 saturated heterocycles. The number of aromatic amines is 1. The van der Waals surface area contributed by atoms with Crippen LogP contribution in [0, 0.1) is 0 Å². The standard InChI is InChI=1S/C21H18F3N3O4/c1-27(12-14-4-2-3-5-16(14)31-21(22,23)24)20(28)15-11-25-26-19(15)13-6-7-17-18(10-13)30-9-8-29-17/h2-7,10-11H,8-9,12H2,1H3,(H,25,26). The molecule has 0 bridgehead atoms. The lowest BCUT2D eigenvalue weighted by atomic mass is 10.1. The van der Waals surface area contributed by atoms with E-state index in [-0.39, 0.29) is 23.4 Å². The van der Waals surface area contributed by atoms with Crippen LogP contribution in [0.2, 0.25) is 0 Å². The lowest BCUT2D eigenvalue weighted by molar-refractivity contribution is -0.275. The topological polar surface area (TPSA) is 76.7 Å². The van der Waals surface area contributed by atoms with Crippen LogP contribution in [0.1, 0.15) is 15.9 Å². The zero-order valence-electron chi connectivity index (χ0n) is 16.4. The lowest BCUT2D eigenvalue weighted by Gasteiger charge is -2.20. The summed E-state index contributed by atoms with van der Waals surface area (Å²) in [5, 5.41) is 6.77. The van der Waals surface area contributed by atoms with Crippen molar-refractivity contribution in [1.29, 1.82) is 0 Å². The van der Waals surface area contributed by atoms with Crippen molar-refractivity contribution in [2.45, 2.75) is 12.9 Å². The summed E-state index contributed by atoms with van der Waals surface area (Å²) in [6, 6.07) is 10.9. The van der Waals surface area contributed by atoms with E-state index in [0.29, 0.717) is 36.0 Å². The van der Waals surface area contributed by atoms with Crippen LogP contribution in [0.5, 0.6) is 17.2 Å². The largest absolute Gasteiger partial charge is 0.573 e. The summed E-state index contributed by atoms with van der Waals surface area (Å²) >= 11 is 0. The smallest absolute Gasteiger partial charge is 0.486 e. The van der Waals surface area contributed by atoms with Crippen molar-refractivity contribution in [2.24, 2.45) is 0 Å². The van der Waals surface area contributed by atoms with E-state index in [9.17, 15) is 18.0 Å². The Labute approximate surface area is 175 Å². The normalized spacial score (nSPS) is 13.0. The maximum Gasteiger partial charge on any atom is 0.573 e. The molecule has 162 valence electrons. The van der Waals surface area contributed by atoms with E-state index in [4.69, 9.17) is 9.47 Å². The number of benzene rings is 2. The van der Waals surface area contributed by atoms with Crippen molar-refractivity contribution in [1.82, 2.24) is 15.1 Å². The summed E-state index contributed by atoms with van der Waals surface area (Å²) in [6.45, 7) is 0.800. The van der Waals surface area contributed by atoms with Gasteiger partial charge in [-0.25, -0.2) is 0 Å². The third-order valence-electron chi connectivity index (χ3n) is 4.65. The van der Waals surface area contributed by atoms with Crippen LogP contribution in [0.4, 0.5) is 13.2 Å². The van der Waals surface area contributed by atoms with Gasteiger partial charge in [-0.1, -0.05) is 18.2 Å². The van der Waals surface area contributed by atoms with Crippen LogP contribution in [0.3, 0.4) is 0 Å². The van der Waals surface area contributed by atoms with Crippen molar-refractivity contribution in [3.05, 3.63) is 59.8 Å². The molecule has 1 aliphatic heterocycles. The number of H-pyrrole nitrogens is 1. The molecule has 2 heterocycles. The number of amides is 1. The van der Waals surface area contributed by atoms with E-state index in [2.05, 4.69) is 14.9 Å². The highest BCUT2D eigenvalue weighted by Gasteiger charge is 2.32. The van der Waals surface area contributed by atoms with Gasteiger partial charge in [0.2, 0.25) is 0 Å². The predicted octanol–water partition coefficient (Wildman–Crippen LogP) is 4.02. The highest BCUT2D eigenvalue weighted by atomic mass is 19.4. The van der Waals surface area contributed by atoms with Gasteiger partial charge < -0.3 is 19.1 Å². The maximum atomic E-state index is 13.0. The lowest BCUT2D eigenvalue weighted by Crippen LogP contribution is -2.27. The average molecular weight is 433 g/mol. The Morgan fingerprint density at radius 3 is 2.68 bits per heavy atom. The van der Waals surface area contributed by atoms with E-state index >= 15 is 0 Å². The van der Waals surface area contributed by atoms with Crippen LogP contribution >= 0.6 is 0 Å². The Bertz CT molecular complexity index is 1100. The molecule has 1 N–H and O–H groups in total. The van der Waals surface area contributed by atoms with E-state index in [1.54, 1.807) is 24.3 Å². The highest BCUT2D eigenvalue weighted by Crippen LogP contribution is 2.35. The van der Waals surface area contributed by atoms with Gasteiger partial charge in [0.25, 0.3) is 5.91 Å². The second-order valence-corrected chi connectivity index (χ2v) is 6.83. The first kappa shape index (κ1) is 20.6. The zero-order chi connectivity index (χ0) is 22.0. The summed E-state index contributed by atoms with van der Waals surface area (Å²) < 4.78 is 53.2. The van der Waals surface area contributed by atoms with E-state index < -0.39 is 12.3 Å². The third-order valence-corrected chi connectivity index (χ3v) is 4.65. The number of para-hydroxylation sites is 1. The number of ether oxygens (including phenoxy) is 3. The van der Waals surface area contributed by atoms with Crippen molar-refractivity contribution in [3.63, 3.8) is 0 Å². The molecule has 0 fully saturated rings. The van der Waals surface area contributed by atoms with Crippen LogP contribution in [0.15, 0.2) is 48.7 Å². The molecule has 1 amide bonds. The van der Waals surface area contributed by atoms with Crippen LogP contribution in [-0.4, -0.2) is 47.6 Å². The van der Waals surface area contributed by atoms with Gasteiger partial charge in [-0.3, -0.25) is 9.89 Å². The summed E-state index contributed by atoms with van der Waals surface area (Å²) in [5.74, 6) is 0.401. The number of nitrogens with one attached hydrogen (secondary N) is 1. The molecular formula is C21H18F3N3O4. The number of nitrogens with zero attached hydrogens (tertiary/aromatic N) is 2. The molecule has 0 spiro atoms. The molecule has 0 radical (unpaired) electrons. The molecule has 31 heavy (non-hydrogen) atoms. The Balaban J connectivity index is 1.56. The van der Waals surface area contributed by atoms with Gasteiger partial charge in [-0.15, -0.1) is 13.2 Å². The molecule has 0 atom stereocenters. The SMILES string of the molecule is CN(Cc1ccccc1OC(F)(F)F)C(=O)c1cn[nH]c1-c1ccc2c(c1)OCCO2. The minimum Gasteiger partial charge on any atom is -0.486 e. The van der Waals surface area contributed by atoms with Crippen LogP contribution in [-0.2, 0) is 6.54 Å². The Kier molecular flexibility index (Phi) is 5.45. The third kappa shape index (κ3) is 4.57. The van der Waals surface area contributed by atoms with E-state index in [0.717, 1.165) is 0 Å². The molecule has 10 heteroatoms. The van der Waals surface area contributed by atoms with Crippen molar-refractivity contribution in [2.75, 3.05) is 20.3 Å². The quantitative estimate of drug-likeness (QED) is 0.658. The van der Waals surface area contributed by atoms with Crippen LogP contribution in [0.25, 0.3) is 11.3 Å². The minimum absolute atomic E-state index is 0.0865. The van der Waals surface area contributed by atoms with E-state index in [1.807, 2.05) is 0 Å². The Morgan fingerprint density at radius 2 is 1.90 bits per heavy atom. The molecular weight excluding hydrogens is 415 g/mol. The predicted molar refractivity (Wildman–Crippen MR) is 104 cm³/mol. The van der Waals surface area contributed by atoms with Gasteiger partial charge >= 0.3 is 6.36 Å².